The first kappa shape index (κ1) is 15.5. The van der Waals surface area contributed by atoms with Crippen LogP contribution in [-0.2, 0) is 10.0 Å². The second-order valence-electron chi connectivity index (χ2n) is 4.19. The first-order valence-electron chi connectivity index (χ1n) is 5.76. The highest BCUT2D eigenvalue weighted by molar-refractivity contribution is 7.91. The maximum atomic E-state index is 12.8. The fraction of sp³-hybridized carbons (Fsp3) is 0.167. The van der Waals surface area contributed by atoms with E-state index in [0.29, 0.717) is 5.56 Å². The van der Waals surface area contributed by atoms with Crippen molar-refractivity contribution >= 4 is 27.3 Å². The molecule has 1 atom stereocenters. The summed E-state index contributed by atoms with van der Waals surface area (Å²) in [6, 6.07) is 4.70. The number of thiazole rings is 1. The van der Waals surface area contributed by atoms with Gasteiger partial charge in [-0.3, -0.25) is 0 Å². The Kier molecular flexibility index (Phi) is 4.35. The molecule has 2 rings (SSSR count). The largest absolute Gasteiger partial charge is 0.476 e. The number of aromatic carboxylic acids is 1. The van der Waals surface area contributed by atoms with Gasteiger partial charge in [0.1, 0.15) is 5.82 Å². The Labute approximate surface area is 124 Å². The lowest BCUT2D eigenvalue weighted by atomic mass is 10.1. The third-order valence-electron chi connectivity index (χ3n) is 2.68. The van der Waals surface area contributed by atoms with Gasteiger partial charge in [-0.1, -0.05) is 12.1 Å². The van der Waals surface area contributed by atoms with E-state index in [2.05, 4.69) is 9.71 Å². The number of nitrogens with zero attached hydrogens (tertiary/aromatic N) is 1. The minimum Gasteiger partial charge on any atom is -0.476 e. The molecule has 1 aromatic heterocycles. The molecule has 2 aromatic rings. The molecule has 21 heavy (non-hydrogen) atoms. The maximum Gasteiger partial charge on any atom is 0.356 e. The molecule has 2 N–H and O–H groups in total. The zero-order valence-electron chi connectivity index (χ0n) is 10.8. The molecule has 0 unspecified atom stereocenters. The van der Waals surface area contributed by atoms with Gasteiger partial charge in [0, 0.05) is 6.04 Å². The van der Waals surface area contributed by atoms with Crippen molar-refractivity contribution in [2.75, 3.05) is 0 Å². The van der Waals surface area contributed by atoms with Gasteiger partial charge in [0.05, 0.1) is 5.51 Å². The molecule has 9 heteroatoms. The first-order chi connectivity index (χ1) is 9.81. The SMILES string of the molecule is C[C@@H](NS(=O)(=O)c1scnc1C(=O)O)c1ccc(F)cc1. The van der Waals surface area contributed by atoms with Gasteiger partial charge in [0.15, 0.2) is 9.90 Å². The maximum absolute atomic E-state index is 12.8. The second kappa shape index (κ2) is 5.88. The van der Waals surface area contributed by atoms with E-state index >= 15 is 0 Å². The van der Waals surface area contributed by atoms with Crippen LogP contribution in [0.1, 0.15) is 29.0 Å². The molecule has 112 valence electrons. The number of sulfonamides is 1. The van der Waals surface area contributed by atoms with Crippen LogP contribution >= 0.6 is 11.3 Å². The van der Waals surface area contributed by atoms with Crippen molar-refractivity contribution < 1.29 is 22.7 Å². The number of hydrogen-bond acceptors (Lipinski definition) is 5. The van der Waals surface area contributed by atoms with Crippen molar-refractivity contribution in [2.24, 2.45) is 0 Å². The Balaban J connectivity index is 2.27. The van der Waals surface area contributed by atoms with Crippen LogP contribution in [0.25, 0.3) is 0 Å². The van der Waals surface area contributed by atoms with Crippen molar-refractivity contribution in [3.63, 3.8) is 0 Å². The topological polar surface area (TPSA) is 96.4 Å². The van der Waals surface area contributed by atoms with Crippen LogP contribution in [0, 0.1) is 5.82 Å². The molecule has 0 aliphatic rings. The Morgan fingerprint density at radius 1 is 1.38 bits per heavy atom. The van der Waals surface area contributed by atoms with Gasteiger partial charge < -0.3 is 5.11 Å². The number of rotatable bonds is 5. The highest BCUT2D eigenvalue weighted by Crippen LogP contribution is 2.23. The van der Waals surface area contributed by atoms with Gasteiger partial charge in [0.25, 0.3) is 10.0 Å². The normalized spacial score (nSPS) is 13.0. The van der Waals surface area contributed by atoms with Crippen molar-refractivity contribution in [3.05, 3.63) is 46.9 Å². The lowest BCUT2D eigenvalue weighted by molar-refractivity contribution is 0.0687. The average Bonchev–Trinajstić information content (AvgIpc) is 2.89. The molecule has 1 aromatic carbocycles. The standard InChI is InChI=1S/C12H11FN2O4S2/c1-7(8-2-4-9(13)5-3-8)15-21(18,19)12-10(11(16)17)14-6-20-12/h2-7,15H,1H3,(H,16,17)/t7-/m1/s1. The van der Waals surface area contributed by atoms with Gasteiger partial charge in [0.2, 0.25) is 0 Å². The molecule has 0 aliphatic heterocycles. The van der Waals surface area contributed by atoms with Crippen LogP contribution in [-0.4, -0.2) is 24.5 Å². The van der Waals surface area contributed by atoms with Gasteiger partial charge in [-0.25, -0.2) is 27.3 Å². The minimum absolute atomic E-state index is 0.357. The minimum atomic E-state index is -4.02. The van der Waals surface area contributed by atoms with Crippen LogP contribution in [0.2, 0.25) is 0 Å². The van der Waals surface area contributed by atoms with Crippen LogP contribution in [0.3, 0.4) is 0 Å². The summed E-state index contributed by atoms with van der Waals surface area (Å²) in [6.45, 7) is 1.58. The van der Waals surface area contributed by atoms with Crippen LogP contribution in [0.4, 0.5) is 4.39 Å². The summed E-state index contributed by atoms with van der Waals surface area (Å²) in [5, 5.41) is 8.91. The summed E-state index contributed by atoms with van der Waals surface area (Å²) < 4.78 is 39.2. The summed E-state index contributed by atoms with van der Waals surface area (Å²) >= 11 is 0.722. The lowest BCUT2D eigenvalue weighted by Gasteiger charge is -2.14. The molecule has 0 aliphatic carbocycles. The smallest absolute Gasteiger partial charge is 0.356 e. The van der Waals surface area contributed by atoms with E-state index in [4.69, 9.17) is 5.11 Å². The molecule has 0 saturated heterocycles. The van der Waals surface area contributed by atoms with Crippen LogP contribution < -0.4 is 4.72 Å². The number of carbonyl (C=O) groups is 1. The molecule has 0 bridgehead atoms. The van der Waals surface area contributed by atoms with Gasteiger partial charge in [-0.15, -0.1) is 11.3 Å². The van der Waals surface area contributed by atoms with E-state index in [1.54, 1.807) is 6.92 Å². The number of halogens is 1. The van der Waals surface area contributed by atoms with Crippen molar-refractivity contribution in [1.29, 1.82) is 0 Å². The molecule has 6 nitrogen and oxygen atoms in total. The van der Waals surface area contributed by atoms with Crippen LogP contribution in [0.15, 0.2) is 34.0 Å². The van der Waals surface area contributed by atoms with E-state index in [0.717, 1.165) is 16.8 Å². The van der Waals surface area contributed by atoms with Crippen molar-refractivity contribution in [2.45, 2.75) is 17.2 Å². The predicted molar refractivity (Wildman–Crippen MR) is 74.2 cm³/mol. The second-order valence-corrected chi connectivity index (χ2v) is 6.95. The monoisotopic (exact) mass is 330 g/mol. The number of aromatic nitrogens is 1. The molecule has 0 spiro atoms. The molecule has 1 heterocycles. The Bertz CT molecular complexity index is 756. The van der Waals surface area contributed by atoms with Gasteiger partial charge in [-0.2, -0.15) is 0 Å². The number of carboxylic acid groups (broad SMARTS) is 1. The number of nitrogens with one attached hydrogen (secondary N) is 1. The number of benzene rings is 1. The fourth-order valence-electron chi connectivity index (χ4n) is 1.67. The Morgan fingerprint density at radius 3 is 2.57 bits per heavy atom. The summed E-state index contributed by atoms with van der Waals surface area (Å²) in [5.74, 6) is -1.84. The Hall–Kier alpha value is -1.84. The quantitative estimate of drug-likeness (QED) is 0.874. The molecular weight excluding hydrogens is 319 g/mol. The fourth-order valence-corrected chi connectivity index (χ4v) is 4.06. The molecular formula is C12H11FN2O4S2. The number of hydrogen-bond donors (Lipinski definition) is 2. The zero-order chi connectivity index (χ0) is 15.6. The Morgan fingerprint density at radius 2 is 2.00 bits per heavy atom. The number of carboxylic acids is 1. The summed E-state index contributed by atoms with van der Waals surface area (Å²) in [7, 11) is -4.02. The summed E-state index contributed by atoms with van der Waals surface area (Å²) in [4.78, 5) is 14.5. The predicted octanol–water partition coefficient (Wildman–Crippen LogP) is 2.02. The third kappa shape index (κ3) is 3.43. The lowest BCUT2D eigenvalue weighted by Crippen LogP contribution is -2.27. The molecule has 0 radical (unpaired) electrons. The van der Waals surface area contributed by atoms with E-state index < -0.39 is 33.5 Å². The van der Waals surface area contributed by atoms with Crippen molar-refractivity contribution in [3.8, 4) is 0 Å². The highest BCUT2D eigenvalue weighted by atomic mass is 32.2. The van der Waals surface area contributed by atoms with E-state index in [1.807, 2.05) is 0 Å². The zero-order valence-corrected chi connectivity index (χ0v) is 12.4. The van der Waals surface area contributed by atoms with E-state index in [1.165, 1.54) is 24.3 Å². The van der Waals surface area contributed by atoms with Crippen LogP contribution in [0.5, 0.6) is 0 Å². The molecule has 0 saturated carbocycles. The molecule has 0 amide bonds. The van der Waals surface area contributed by atoms with E-state index in [9.17, 15) is 17.6 Å². The summed E-state index contributed by atoms with van der Waals surface area (Å²) in [5.41, 5.74) is 1.20. The molecule has 0 fully saturated rings. The van der Waals surface area contributed by atoms with Crippen molar-refractivity contribution in [1.82, 2.24) is 9.71 Å². The van der Waals surface area contributed by atoms with E-state index in [-0.39, 0.29) is 4.21 Å². The highest BCUT2D eigenvalue weighted by Gasteiger charge is 2.27. The first-order valence-corrected chi connectivity index (χ1v) is 8.12. The average molecular weight is 330 g/mol. The van der Waals surface area contributed by atoms with Gasteiger partial charge >= 0.3 is 5.97 Å². The van der Waals surface area contributed by atoms with Gasteiger partial charge in [-0.05, 0) is 24.6 Å². The third-order valence-corrected chi connectivity index (χ3v) is 5.59. The summed E-state index contributed by atoms with van der Waals surface area (Å²) in [6.07, 6.45) is 0.